The molecule has 1 aromatic heterocycles. The molecule has 31 heavy (non-hydrogen) atoms. The van der Waals surface area contributed by atoms with Crippen molar-refractivity contribution in [2.24, 2.45) is 0 Å². The lowest BCUT2D eigenvalue weighted by molar-refractivity contribution is -0.138. The summed E-state index contributed by atoms with van der Waals surface area (Å²) in [5.41, 5.74) is -0.857. The summed E-state index contributed by atoms with van der Waals surface area (Å²) in [4.78, 5) is 26.0. The summed E-state index contributed by atoms with van der Waals surface area (Å²) in [6, 6.07) is 1.64. The first-order chi connectivity index (χ1) is 14.6. The first-order valence-corrected chi connectivity index (χ1v) is 10.7. The van der Waals surface area contributed by atoms with Gasteiger partial charge in [-0.1, -0.05) is 6.07 Å². The lowest BCUT2D eigenvalue weighted by Gasteiger charge is -2.21. The van der Waals surface area contributed by atoms with Crippen LogP contribution in [0.3, 0.4) is 0 Å². The Hall–Kier alpha value is -2.46. The maximum atomic E-state index is 14.0. The van der Waals surface area contributed by atoms with Gasteiger partial charge in [-0.05, 0) is 37.5 Å². The molecular weight excluding hydrogens is 436 g/mol. The van der Waals surface area contributed by atoms with Crippen LogP contribution < -0.4 is 10.6 Å². The Morgan fingerprint density at radius 1 is 1.26 bits per heavy atom. The summed E-state index contributed by atoms with van der Waals surface area (Å²) >= 11 is 1.48. The zero-order valence-corrected chi connectivity index (χ0v) is 17.3. The molecule has 2 aliphatic rings. The third-order valence-corrected chi connectivity index (χ3v) is 6.61. The molecule has 5 nitrogen and oxygen atoms in total. The lowest BCUT2D eigenvalue weighted by atomic mass is 10.0. The number of thiophene rings is 1. The van der Waals surface area contributed by atoms with Crippen molar-refractivity contribution < 1.29 is 31.9 Å². The molecule has 4 rings (SSSR count). The Kier molecular flexibility index (Phi) is 5.78. The van der Waals surface area contributed by atoms with E-state index in [0.29, 0.717) is 18.1 Å². The fourth-order valence-electron chi connectivity index (χ4n) is 4.02. The fraction of sp³-hybridized carbons (Fsp3) is 0.429. The monoisotopic (exact) mass is 456 g/mol. The van der Waals surface area contributed by atoms with E-state index >= 15 is 0 Å². The van der Waals surface area contributed by atoms with Gasteiger partial charge in [0.2, 0.25) is 0 Å². The van der Waals surface area contributed by atoms with Crippen LogP contribution in [-0.2, 0) is 17.3 Å². The van der Waals surface area contributed by atoms with Crippen molar-refractivity contribution in [1.29, 1.82) is 0 Å². The van der Waals surface area contributed by atoms with Crippen molar-refractivity contribution in [3.63, 3.8) is 0 Å². The van der Waals surface area contributed by atoms with Crippen LogP contribution in [0.25, 0.3) is 0 Å². The van der Waals surface area contributed by atoms with Crippen LogP contribution in [0.4, 0.5) is 17.6 Å². The van der Waals surface area contributed by atoms with Gasteiger partial charge in [-0.25, -0.2) is 4.39 Å². The molecule has 2 bridgehead atoms. The van der Waals surface area contributed by atoms with Crippen molar-refractivity contribution in [2.45, 2.75) is 50.6 Å². The number of ether oxygens (including phenoxy) is 1. The van der Waals surface area contributed by atoms with Gasteiger partial charge in [0.25, 0.3) is 11.8 Å². The topological polar surface area (TPSA) is 67.4 Å². The van der Waals surface area contributed by atoms with Crippen LogP contribution in [0.2, 0.25) is 0 Å². The summed E-state index contributed by atoms with van der Waals surface area (Å²) in [6.07, 6.45) is -2.11. The van der Waals surface area contributed by atoms with E-state index in [1.165, 1.54) is 18.3 Å². The molecule has 2 aliphatic heterocycles. The van der Waals surface area contributed by atoms with Crippen LogP contribution in [0.5, 0.6) is 0 Å². The maximum absolute atomic E-state index is 14.0. The smallest absolute Gasteiger partial charge is 0.369 e. The quantitative estimate of drug-likeness (QED) is 0.662. The number of halogens is 4. The SMILES string of the molecule is CC(CNC(=O)c1csc2c1CC1CCC2O1)NC(=O)c1c(F)cccc1C(F)(F)F. The van der Waals surface area contributed by atoms with E-state index in [9.17, 15) is 27.2 Å². The minimum atomic E-state index is -4.87. The Bertz CT molecular complexity index is 1020. The van der Waals surface area contributed by atoms with Gasteiger partial charge in [-0.2, -0.15) is 13.2 Å². The van der Waals surface area contributed by atoms with Crippen LogP contribution >= 0.6 is 11.3 Å². The molecule has 1 saturated heterocycles. The molecule has 3 heterocycles. The Labute approximate surface area is 179 Å². The summed E-state index contributed by atoms with van der Waals surface area (Å²) < 4.78 is 59.2. The lowest BCUT2D eigenvalue weighted by Crippen LogP contribution is -2.42. The highest BCUT2D eigenvalue weighted by molar-refractivity contribution is 7.10. The maximum Gasteiger partial charge on any atom is 0.417 e. The van der Waals surface area contributed by atoms with Crippen LogP contribution in [-0.4, -0.2) is 30.5 Å². The average molecular weight is 456 g/mol. The van der Waals surface area contributed by atoms with E-state index in [0.717, 1.165) is 35.4 Å². The van der Waals surface area contributed by atoms with Crippen molar-refractivity contribution in [1.82, 2.24) is 10.6 Å². The molecule has 1 fully saturated rings. The zero-order valence-electron chi connectivity index (χ0n) is 16.5. The number of rotatable bonds is 5. The number of amides is 2. The number of hydrogen-bond acceptors (Lipinski definition) is 4. The van der Waals surface area contributed by atoms with Crippen molar-refractivity contribution in [2.75, 3.05) is 6.54 Å². The van der Waals surface area contributed by atoms with Crippen molar-refractivity contribution in [3.05, 3.63) is 56.5 Å². The number of carbonyl (C=O) groups excluding carboxylic acids is 2. The van der Waals surface area contributed by atoms with Gasteiger partial charge < -0.3 is 15.4 Å². The minimum Gasteiger partial charge on any atom is -0.369 e. The highest BCUT2D eigenvalue weighted by Crippen LogP contribution is 2.45. The number of hydrogen-bond donors (Lipinski definition) is 2. The molecule has 0 aliphatic carbocycles. The standard InChI is InChI=1S/C21H20F4N2O3S/c1-10(27-20(29)17-14(21(23,24)25)3-2-4-15(17)22)8-26-19(28)13-9-31-18-12(13)7-11-5-6-16(18)30-11/h2-4,9-11,16H,5-8H2,1H3,(H,26,28)(H,27,29). The molecular formula is C21H20F4N2O3S. The van der Waals surface area contributed by atoms with E-state index in [4.69, 9.17) is 4.74 Å². The number of carbonyl (C=O) groups is 2. The van der Waals surface area contributed by atoms with E-state index in [1.807, 2.05) is 0 Å². The highest BCUT2D eigenvalue weighted by Gasteiger charge is 2.38. The van der Waals surface area contributed by atoms with Gasteiger partial charge >= 0.3 is 6.18 Å². The number of alkyl halides is 3. The predicted molar refractivity (Wildman–Crippen MR) is 106 cm³/mol. The number of benzene rings is 1. The molecule has 0 radical (unpaired) electrons. The summed E-state index contributed by atoms with van der Waals surface area (Å²) in [5, 5.41) is 6.80. The van der Waals surface area contributed by atoms with Gasteiger partial charge in [0, 0.05) is 29.3 Å². The molecule has 2 aromatic rings. The second-order valence-corrected chi connectivity index (χ2v) is 8.68. The molecule has 3 unspecified atom stereocenters. The number of fused-ring (bicyclic) bond motifs is 4. The molecule has 1 aromatic carbocycles. The second-order valence-electron chi connectivity index (χ2n) is 7.77. The van der Waals surface area contributed by atoms with E-state index in [1.54, 1.807) is 5.38 Å². The Morgan fingerprint density at radius 3 is 2.77 bits per heavy atom. The molecule has 2 N–H and O–H groups in total. The summed E-state index contributed by atoms with van der Waals surface area (Å²) in [6.45, 7) is 1.50. The second kappa shape index (κ2) is 8.23. The number of nitrogens with one attached hydrogen (secondary N) is 2. The zero-order chi connectivity index (χ0) is 22.3. The summed E-state index contributed by atoms with van der Waals surface area (Å²) in [5.74, 6) is -2.76. The molecule has 10 heteroatoms. The first kappa shape index (κ1) is 21.8. The average Bonchev–Trinajstić information content (AvgIpc) is 3.30. The third-order valence-electron chi connectivity index (χ3n) is 5.50. The van der Waals surface area contributed by atoms with E-state index in [-0.39, 0.29) is 24.7 Å². The Balaban J connectivity index is 1.39. The first-order valence-electron chi connectivity index (χ1n) is 9.85. The fourth-order valence-corrected chi connectivity index (χ4v) is 5.18. The molecule has 3 atom stereocenters. The van der Waals surface area contributed by atoms with Gasteiger partial charge in [0.05, 0.1) is 28.9 Å². The molecule has 0 spiro atoms. The largest absolute Gasteiger partial charge is 0.417 e. The van der Waals surface area contributed by atoms with Crippen LogP contribution in [0.1, 0.15) is 62.6 Å². The van der Waals surface area contributed by atoms with Gasteiger partial charge in [-0.15, -0.1) is 11.3 Å². The van der Waals surface area contributed by atoms with E-state index in [2.05, 4.69) is 10.6 Å². The Morgan fingerprint density at radius 2 is 2.03 bits per heavy atom. The normalized spacial score (nSPS) is 20.8. The van der Waals surface area contributed by atoms with Crippen molar-refractivity contribution >= 4 is 23.2 Å². The predicted octanol–water partition coefficient (Wildman–Crippen LogP) is 4.23. The van der Waals surface area contributed by atoms with Crippen LogP contribution in [0.15, 0.2) is 23.6 Å². The molecule has 2 amide bonds. The van der Waals surface area contributed by atoms with Crippen LogP contribution in [0, 0.1) is 5.82 Å². The van der Waals surface area contributed by atoms with Gasteiger partial charge in [0.1, 0.15) is 5.82 Å². The van der Waals surface area contributed by atoms with E-state index < -0.39 is 35.1 Å². The third kappa shape index (κ3) is 4.31. The van der Waals surface area contributed by atoms with Crippen molar-refractivity contribution in [3.8, 4) is 0 Å². The highest BCUT2D eigenvalue weighted by atomic mass is 32.1. The summed E-state index contributed by atoms with van der Waals surface area (Å²) in [7, 11) is 0. The van der Waals surface area contributed by atoms with Gasteiger partial charge in [-0.3, -0.25) is 9.59 Å². The molecule has 166 valence electrons. The minimum absolute atomic E-state index is 0.0195. The molecule has 0 saturated carbocycles. The van der Waals surface area contributed by atoms with Gasteiger partial charge in [0.15, 0.2) is 0 Å².